The number of carbonyl (C=O) groups excluding carboxylic acids is 4. The smallest absolute Gasteiger partial charge is 0.341 e. The summed E-state index contributed by atoms with van der Waals surface area (Å²) in [6.45, 7) is 2.22. The van der Waals surface area contributed by atoms with Crippen LogP contribution in [0.3, 0.4) is 0 Å². The Morgan fingerprint density at radius 3 is 1.76 bits per heavy atom. The fourth-order valence-electron chi connectivity index (χ4n) is 7.34. The van der Waals surface area contributed by atoms with E-state index in [-0.39, 0.29) is 53.2 Å². The summed E-state index contributed by atoms with van der Waals surface area (Å²) in [5, 5.41) is 1.53. The van der Waals surface area contributed by atoms with Crippen molar-refractivity contribution in [1.82, 2.24) is 0 Å². The van der Waals surface area contributed by atoms with Crippen molar-refractivity contribution in [2.75, 3.05) is 7.11 Å². The van der Waals surface area contributed by atoms with Crippen molar-refractivity contribution >= 4 is 34.6 Å². The van der Waals surface area contributed by atoms with Gasteiger partial charge in [0.15, 0.2) is 5.75 Å². The quantitative estimate of drug-likeness (QED) is 0.151. The van der Waals surface area contributed by atoms with E-state index in [0.29, 0.717) is 56.8 Å². The largest absolute Gasteiger partial charge is 0.465 e. The van der Waals surface area contributed by atoms with Gasteiger partial charge in [0, 0.05) is 5.39 Å². The number of carbonyl (C=O) groups is 4. The molecule has 3 aliphatic rings. The molecule has 0 aromatic heterocycles. The molecule has 2 aromatic rings. The Labute approximate surface area is 266 Å². The van der Waals surface area contributed by atoms with Gasteiger partial charge in [-0.05, 0) is 94.4 Å². The lowest BCUT2D eigenvalue weighted by Crippen LogP contribution is -2.34. The molecule has 5 rings (SSSR count). The lowest BCUT2D eigenvalue weighted by molar-refractivity contribution is -0.162. The summed E-state index contributed by atoms with van der Waals surface area (Å²) in [5.41, 5.74) is 0.210. The zero-order valence-corrected chi connectivity index (χ0v) is 26.8. The molecule has 0 saturated heterocycles. The van der Waals surface area contributed by atoms with Crippen LogP contribution in [-0.2, 0) is 28.6 Å². The molecule has 244 valence electrons. The molecule has 0 bridgehead atoms. The third-order valence-electron chi connectivity index (χ3n) is 10.2. The van der Waals surface area contributed by atoms with Gasteiger partial charge in [-0.1, -0.05) is 56.5 Å². The molecule has 45 heavy (non-hydrogen) atoms. The monoisotopic (exact) mass is 620 g/mol. The Balaban J connectivity index is 1.04. The van der Waals surface area contributed by atoms with Crippen LogP contribution in [0.1, 0.15) is 114 Å². The predicted molar refractivity (Wildman–Crippen MR) is 170 cm³/mol. The van der Waals surface area contributed by atoms with E-state index in [1.54, 1.807) is 12.1 Å². The van der Waals surface area contributed by atoms with E-state index in [1.807, 2.05) is 24.3 Å². The van der Waals surface area contributed by atoms with E-state index in [9.17, 15) is 19.2 Å². The number of rotatable bonds is 10. The van der Waals surface area contributed by atoms with Gasteiger partial charge < -0.3 is 18.9 Å². The maximum Gasteiger partial charge on any atom is 0.341 e. The van der Waals surface area contributed by atoms with Gasteiger partial charge in [0.25, 0.3) is 0 Å². The maximum absolute atomic E-state index is 13.2. The van der Waals surface area contributed by atoms with Crippen molar-refractivity contribution in [2.24, 2.45) is 23.7 Å². The van der Waals surface area contributed by atoms with Crippen LogP contribution in [0.4, 0.5) is 0 Å². The van der Waals surface area contributed by atoms with Gasteiger partial charge in [-0.15, -0.1) is 0 Å². The lowest BCUT2D eigenvalue weighted by atomic mass is 9.80. The number of hydrogen-bond donors (Lipinski definition) is 0. The second-order valence-electron chi connectivity index (χ2n) is 13.3. The SMILES string of the molecule is CCCCC1CCC(C(=O)OC2CCC(C(=O)OC3CCC(C(=O)Oc4c(C(=O)OC)ccc5ccccc45)CC3)CC2)CC1. The minimum absolute atomic E-state index is 0.0277. The first-order chi connectivity index (χ1) is 21.9. The summed E-state index contributed by atoms with van der Waals surface area (Å²) < 4.78 is 22.5. The van der Waals surface area contributed by atoms with Crippen molar-refractivity contribution in [3.8, 4) is 5.75 Å². The normalized spacial score (nSPS) is 26.9. The number of esters is 4. The first-order valence-electron chi connectivity index (χ1n) is 17.1. The van der Waals surface area contributed by atoms with Crippen molar-refractivity contribution in [1.29, 1.82) is 0 Å². The second-order valence-corrected chi connectivity index (χ2v) is 13.3. The average molecular weight is 621 g/mol. The average Bonchev–Trinajstić information content (AvgIpc) is 3.08. The summed E-state index contributed by atoms with van der Waals surface area (Å²) in [6.07, 6.45) is 12.5. The van der Waals surface area contributed by atoms with Crippen LogP contribution in [-0.4, -0.2) is 43.2 Å². The first kappa shape index (κ1) is 33.0. The van der Waals surface area contributed by atoms with Crippen LogP contribution in [0.2, 0.25) is 0 Å². The van der Waals surface area contributed by atoms with Gasteiger partial charge in [0.2, 0.25) is 0 Å². The molecule has 2 aromatic carbocycles. The Hall–Kier alpha value is -3.42. The number of hydrogen-bond acceptors (Lipinski definition) is 8. The van der Waals surface area contributed by atoms with Crippen LogP contribution >= 0.6 is 0 Å². The highest BCUT2D eigenvalue weighted by Crippen LogP contribution is 2.36. The molecular formula is C37H48O8. The number of methoxy groups -OCH3 is 1. The molecule has 8 heteroatoms. The Morgan fingerprint density at radius 2 is 1.20 bits per heavy atom. The molecule has 3 saturated carbocycles. The van der Waals surface area contributed by atoms with Gasteiger partial charge in [0.1, 0.15) is 17.8 Å². The molecule has 0 amide bonds. The van der Waals surface area contributed by atoms with E-state index in [0.717, 1.165) is 37.0 Å². The Morgan fingerprint density at radius 1 is 0.667 bits per heavy atom. The first-order valence-corrected chi connectivity index (χ1v) is 17.1. The Bertz CT molecular complexity index is 1330. The summed E-state index contributed by atoms with van der Waals surface area (Å²) in [6, 6.07) is 10.9. The second kappa shape index (κ2) is 15.7. The van der Waals surface area contributed by atoms with Crippen LogP contribution in [0.15, 0.2) is 36.4 Å². The van der Waals surface area contributed by atoms with Gasteiger partial charge >= 0.3 is 23.9 Å². The zero-order chi connectivity index (χ0) is 31.8. The minimum atomic E-state index is -0.563. The number of fused-ring (bicyclic) bond motifs is 1. The third kappa shape index (κ3) is 8.44. The van der Waals surface area contributed by atoms with Crippen LogP contribution < -0.4 is 4.74 Å². The summed E-state index contributed by atoms with van der Waals surface area (Å²) in [5.74, 6) is -0.710. The van der Waals surface area contributed by atoms with E-state index in [2.05, 4.69) is 6.92 Å². The number of unbranched alkanes of at least 4 members (excludes halogenated alkanes) is 1. The zero-order valence-electron chi connectivity index (χ0n) is 26.8. The van der Waals surface area contributed by atoms with Gasteiger partial charge in [-0.2, -0.15) is 0 Å². The molecule has 3 fully saturated rings. The molecular weight excluding hydrogens is 572 g/mol. The number of benzene rings is 2. The van der Waals surface area contributed by atoms with Crippen LogP contribution in [0.5, 0.6) is 5.75 Å². The topological polar surface area (TPSA) is 105 Å². The van der Waals surface area contributed by atoms with Crippen LogP contribution in [0.25, 0.3) is 10.8 Å². The van der Waals surface area contributed by atoms with Gasteiger partial charge in [0.05, 0.1) is 24.9 Å². The van der Waals surface area contributed by atoms with E-state index >= 15 is 0 Å². The molecule has 0 heterocycles. The molecule has 0 atom stereocenters. The fraction of sp³-hybridized carbons (Fsp3) is 0.622. The van der Waals surface area contributed by atoms with Crippen molar-refractivity contribution in [3.05, 3.63) is 42.0 Å². The fourth-order valence-corrected chi connectivity index (χ4v) is 7.34. The third-order valence-corrected chi connectivity index (χ3v) is 10.2. The molecule has 8 nitrogen and oxygen atoms in total. The van der Waals surface area contributed by atoms with E-state index < -0.39 is 11.9 Å². The highest BCUT2D eigenvalue weighted by molar-refractivity contribution is 6.02. The molecule has 0 radical (unpaired) electrons. The predicted octanol–water partition coefficient (Wildman–Crippen LogP) is 7.73. The van der Waals surface area contributed by atoms with Crippen molar-refractivity contribution in [3.63, 3.8) is 0 Å². The highest BCUT2D eigenvalue weighted by Gasteiger charge is 2.35. The standard InChI is InChI=1S/C37H48O8/c1-3-4-7-24-10-12-26(13-11-24)34(38)43-29-19-14-27(15-20-29)35(39)44-30-21-16-28(17-22-30)36(40)45-33-31-9-6-5-8-25(31)18-23-32(33)37(41)42-2/h5-6,8-9,18,23-24,26-30H,3-4,7,10-17,19-22H2,1-2H3. The minimum Gasteiger partial charge on any atom is -0.465 e. The van der Waals surface area contributed by atoms with E-state index in [4.69, 9.17) is 18.9 Å². The summed E-state index contributed by atoms with van der Waals surface area (Å²) >= 11 is 0. The molecule has 3 aliphatic carbocycles. The summed E-state index contributed by atoms with van der Waals surface area (Å²) in [4.78, 5) is 51.4. The van der Waals surface area contributed by atoms with Gasteiger partial charge in [-0.25, -0.2) is 4.79 Å². The van der Waals surface area contributed by atoms with Crippen molar-refractivity contribution in [2.45, 2.75) is 115 Å². The van der Waals surface area contributed by atoms with Gasteiger partial charge in [-0.3, -0.25) is 14.4 Å². The van der Waals surface area contributed by atoms with Crippen molar-refractivity contribution < 1.29 is 38.1 Å². The maximum atomic E-state index is 13.2. The molecule has 0 aliphatic heterocycles. The molecule has 0 N–H and O–H groups in total. The highest BCUT2D eigenvalue weighted by atomic mass is 16.6. The molecule has 0 spiro atoms. The lowest BCUT2D eigenvalue weighted by Gasteiger charge is -2.32. The number of ether oxygens (including phenoxy) is 4. The Kier molecular flexibility index (Phi) is 11.5. The summed E-state index contributed by atoms with van der Waals surface area (Å²) in [7, 11) is 1.30. The molecule has 0 unspecified atom stereocenters. The van der Waals surface area contributed by atoms with Crippen LogP contribution in [0, 0.1) is 23.7 Å². The van der Waals surface area contributed by atoms with E-state index in [1.165, 1.54) is 26.4 Å².